The number of hydrogen-bond donors (Lipinski definition) is 2. The number of carbonyl (C=O) groups excluding carboxylic acids is 1. The molecular formula is C14H12BrN3O2S. The molecule has 7 heteroatoms. The van der Waals surface area contributed by atoms with Gasteiger partial charge in [-0.15, -0.1) is 0 Å². The fraction of sp³-hybridized carbons (Fsp3) is 0.0714. The van der Waals surface area contributed by atoms with Gasteiger partial charge in [-0.1, -0.05) is 28.1 Å². The van der Waals surface area contributed by atoms with Crippen molar-refractivity contribution < 1.29 is 9.53 Å². The second kappa shape index (κ2) is 6.64. The quantitative estimate of drug-likeness (QED) is 0.814. The molecule has 0 spiro atoms. The van der Waals surface area contributed by atoms with E-state index in [1.54, 1.807) is 37.4 Å². The zero-order valence-corrected chi connectivity index (χ0v) is 13.5. The first-order valence-electron chi connectivity index (χ1n) is 5.91. The van der Waals surface area contributed by atoms with Crippen LogP contribution in [0, 0.1) is 0 Å². The molecule has 21 heavy (non-hydrogen) atoms. The van der Waals surface area contributed by atoms with Crippen molar-refractivity contribution in [3.63, 3.8) is 0 Å². The Balaban J connectivity index is 2.17. The summed E-state index contributed by atoms with van der Waals surface area (Å²) in [4.78, 5) is 16.4. The fourth-order valence-corrected chi connectivity index (χ4v) is 2.21. The van der Waals surface area contributed by atoms with Gasteiger partial charge in [-0.25, -0.2) is 0 Å². The Hall–Kier alpha value is -1.99. The van der Waals surface area contributed by atoms with Gasteiger partial charge in [0.2, 0.25) is 0 Å². The van der Waals surface area contributed by atoms with Crippen LogP contribution >= 0.6 is 28.1 Å². The molecule has 0 atom stereocenters. The topological polar surface area (TPSA) is 77.2 Å². The van der Waals surface area contributed by atoms with E-state index in [2.05, 4.69) is 26.2 Å². The van der Waals surface area contributed by atoms with E-state index in [1.165, 1.54) is 6.20 Å². The Morgan fingerprint density at radius 1 is 1.38 bits per heavy atom. The summed E-state index contributed by atoms with van der Waals surface area (Å²) in [6.07, 6.45) is 1.47. The number of thiocarbonyl (C=S) groups is 1. The van der Waals surface area contributed by atoms with Crippen molar-refractivity contribution in [1.82, 2.24) is 4.98 Å². The lowest BCUT2D eigenvalue weighted by Gasteiger charge is -2.08. The summed E-state index contributed by atoms with van der Waals surface area (Å²) < 4.78 is 5.94. The second-order valence-corrected chi connectivity index (χ2v) is 5.49. The van der Waals surface area contributed by atoms with Gasteiger partial charge in [0.1, 0.15) is 16.4 Å². The van der Waals surface area contributed by atoms with Crippen molar-refractivity contribution in [3.05, 3.63) is 52.3 Å². The average Bonchev–Trinajstić information content (AvgIpc) is 2.46. The molecule has 0 aliphatic carbocycles. The number of nitrogens with zero attached hydrogens (tertiary/aromatic N) is 1. The molecule has 0 unspecified atom stereocenters. The molecule has 1 heterocycles. The number of benzene rings is 1. The van der Waals surface area contributed by atoms with Gasteiger partial charge in [0, 0.05) is 28.0 Å². The molecule has 0 saturated carbocycles. The number of ether oxygens (including phenoxy) is 1. The number of pyridine rings is 1. The Kier molecular flexibility index (Phi) is 4.87. The zero-order valence-electron chi connectivity index (χ0n) is 11.1. The Morgan fingerprint density at radius 3 is 2.71 bits per heavy atom. The maximum Gasteiger partial charge on any atom is 0.274 e. The summed E-state index contributed by atoms with van der Waals surface area (Å²) in [5, 5.41) is 2.75. The molecule has 0 fully saturated rings. The molecule has 0 bridgehead atoms. The van der Waals surface area contributed by atoms with Gasteiger partial charge in [-0.05, 0) is 24.3 Å². The van der Waals surface area contributed by atoms with Crippen LogP contribution in [0.2, 0.25) is 0 Å². The van der Waals surface area contributed by atoms with E-state index in [1.807, 2.05) is 0 Å². The van der Waals surface area contributed by atoms with E-state index < -0.39 is 0 Å². The monoisotopic (exact) mass is 365 g/mol. The summed E-state index contributed by atoms with van der Waals surface area (Å²) in [6.45, 7) is 0. The summed E-state index contributed by atoms with van der Waals surface area (Å²) in [5.41, 5.74) is 6.98. The third-order valence-electron chi connectivity index (χ3n) is 2.65. The van der Waals surface area contributed by atoms with E-state index in [0.29, 0.717) is 17.0 Å². The van der Waals surface area contributed by atoms with Crippen molar-refractivity contribution in [2.75, 3.05) is 12.4 Å². The summed E-state index contributed by atoms with van der Waals surface area (Å²) >= 11 is 8.19. The predicted molar refractivity (Wildman–Crippen MR) is 88.8 cm³/mol. The minimum absolute atomic E-state index is 0.242. The molecule has 1 aromatic carbocycles. The molecule has 0 saturated heterocycles. The van der Waals surface area contributed by atoms with Crippen LogP contribution in [0.4, 0.5) is 5.69 Å². The smallest absolute Gasteiger partial charge is 0.274 e. The van der Waals surface area contributed by atoms with E-state index in [9.17, 15) is 4.79 Å². The normalized spacial score (nSPS) is 10.0. The number of hydrogen-bond acceptors (Lipinski definition) is 4. The van der Waals surface area contributed by atoms with Gasteiger partial charge in [0.15, 0.2) is 0 Å². The minimum atomic E-state index is -0.329. The van der Waals surface area contributed by atoms with Gasteiger partial charge in [-0.3, -0.25) is 9.78 Å². The van der Waals surface area contributed by atoms with Crippen LogP contribution < -0.4 is 15.8 Å². The molecule has 3 N–H and O–H groups in total. The Labute approximate surface area is 135 Å². The van der Waals surface area contributed by atoms with Gasteiger partial charge < -0.3 is 15.8 Å². The number of rotatable bonds is 4. The molecule has 1 amide bonds. The number of aromatic nitrogens is 1. The van der Waals surface area contributed by atoms with Crippen LogP contribution in [0.5, 0.6) is 5.75 Å². The second-order valence-electron chi connectivity index (χ2n) is 4.13. The first-order valence-corrected chi connectivity index (χ1v) is 7.11. The molecule has 0 aliphatic heterocycles. The number of anilines is 1. The molecule has 1 aromatic heterocycles. The van der Waals surface area contributed by atoms with Crippen molar-refractivity contribution in [2.24, 2.45) is 5.73 Å². The third-order valence-corrected chi connectivity index (χ3v) is 3.34. The number of amides is 1. The molecule has 2 aromatic rings. The van der Waals surface area contributed by atoms with Crippen molar-refractivity contribution in [2.45, 2.75) is 0 Å². The first-order chi connectivity index (χ1) is 9.99. The predicted octanol–water partition coefficient (Wildman–Crippen LogP) is 2.74. The van der Waals surface area contributed by atoms with E-state index in [-0.39, 0.29) is 16.6 Å². The van der Waals surface area contributed by atoms with Crippen molar-refractivity contribution in [3.8, 4) is 5.75 Å². The largest absolute Gasteiger partial charge is 0.497 e. The average molecular weight is 366 g/mol. The van der Waals surface area contributed by atoms with Crippen LogP contribution in [0.1, 0.15) is 16.1 Å². The SMILES string of the molecule is COc1cc(Br)cc(NC(=O)c2ccc(C(N)=S)cn2)c1. The van der Waals surface area contributed by atoms with Gasteiger partial charge in [0.25, 0.3) is 5.91 Å². The zero-order chi connectivity index (χ0) is 15.4. The van der Waals surface area contributed by atoms with Crippen molar-refractivity contribution >= 4 is 44.7 Å². The summed E-state index contributed by atoms with van der Waals surface area (Å²) in [7, 11) is 1.56. The highest BCUT2D eigenvalue weighted by atomic mass is 79.9. The van der Waals surface area contributed by atoms with Gasteiger partial charge in [-0.2, -0.15) is 0 Å². The molecule has 0 aliphatic rings. The lowest BCUT2D eigenvalue weighted by Crippen LogP contribution is -2.15. The summed E-state index contributed by atoms with van der Waals surface area (Å²) in [5.74, 6) is 0.307. The highest BCUT2D eigenvalue weighted by Crippen LogP contribution is 2.24. The van der Waals surface area contributed by atoms with Crippen molar-refractivity contribution in [1.29, 1.82) is 0 Å². The Morgan fingerprint density at radius 2 is 2.14 bits per heavy atom. The van der Waals surface area contributed by atoms with E-state index >= 15 is 0 Å². The maximum absolute atomic E-state index is 12.1. The fourth-order valence-electron chi connectivity index (χ4n) is 1.62. The van der Waals surface area contributed by atoms with Crippen LogP contribution in [-0.2, 0) is 0 Å². The highest BCUT2D eigenvalue weighted by molar-refractivity contribution is 9.10. The molecular weight excluding hydrogens is 354 g/mol. The third kappa shape index (κ3) is 3.99. The standard InChI is InChI=1S/C14H12BrN3O2S/c1-20-11-5-9(15)4-10(6-11)18-14(19)12-3-2-8(7-17-12)13(16)21/h2-7H,1H3,(H2,16,21)(H,18,19). The highest BCUT2D eigenvalue weighted by Gasteiger charge is 2.09. The van der Waals surface area contributed by atoms with Crippen LogP contribution in [0.3, 0.4) is 0 Å². The van der Waals surface area contributed by atoms with Crippen LogP contribution in [0.25, 0.3) is 0 Å². The maximum atomic E-state index is 12.1. The molecule has 0 radical (unpaired) electrons. The number of nitrogens with one attached hydrogen (secondary N) is 1. The Bertz CT molecular complexity index is 689. The lowest BCUT2D eigenvalue weighted by atomic mass is 10.2. The molecule has 2 rings (SSSR count). The van der Waals surface area contributed by atoms with Crippen LogP contribution in [0.15, 0.2) is 41.0 Å². The number of methoxy groups -OCH3 is 1. The summed E-state index contributed by atoms with van der Waals surface area (Å²) in [6, 6.07) is 8.51. The minimum Gasteiger partial charge on any atom is -0.497 e. The van der Waals surface area contributed by atoms with Gasteiger partial charge >= 0.3 is 0 Å². The first kappa shape index (κ1) is 15.4. The number of halogens is 1. The lowest BCUT2D eigenvalue weighted by molar-refractivity contribution is 0.102. The van der Waals surface area contributed by atoms with E-state index in [4.69, 9.17) is 22.7 Å². The van der Waals surface area contributed by atoms with Gasteiger partial charge in [0.05, 0.1) is 7.11 Å². The molecule has 108 valence electrons. The molecule has 5 nitrogen and oxygen atoms in total. The number of nitrogens with two attached hydrogens (primary N) is 1. The van der Waals surface area contributed by atoms with E-state index in [0.717, 1.165) is 4.47 Å². The number of carbonyl (C=O) groups is 1. The van der Waals surface area contributed by atoms with Crippen LogP contribution in [-0.4, -0.2) is 23.0 Å².